The fourth-order valence-corrected chi connectivity index (χ4v) is 4.83. The molecule has 5 aromatic rings. The lowest BCUT2D eigenvalue weighted by Gasteiger charge is -2.25. The first kappa shape index (κ1) is 22.6. The molecule has 0 aliphatic rings. The fourth-order valence-electron chi connectivity index (χ4n) is 4.05. The van der Waals surface area contributed by atoms with Gasteiger partial charge in [0.05, 0.1) is 0 Å². The zero-order chi connectivity index (χ0) is 23.9. The highest BCUT2D eigenvalue weighted by molar-refractivity contribution is 7.12. The van der Waals surface area contributed by atoms with Crippen LogP contribution in [0.15, 0.2) is 121 Å². The van der Waals surface area contributed by atoms with Crippen molar-refractivity contribution in [3.8, 4) is 0 Å². The lowest BCUT2D eigenvalue weighted by molar-refractivity contribution is 1.28. The van der Waals surface area contributed by atoms with E-state index in [9.17, 15) is 0 Å². The van der Waals surface area contributed by atoms with Crippen molar-refractivity contribution in [3.05, 3.63) is 148 Å². The summed E-state index contributed by atoms with van der Waals surface area (Å²) >= 11 is 1.81. The molecule has 0 N–H and O–H groups in total. The van der Waals surface area contributed by atoms with Crippen LogP contribution in [0.25, 0.3) is 24.3 Å². The lowest BCUT2D eigenvalue weighted by Crippen LogP contribution is -2.09. The number of para-hydroxylation sites is 2. The van der Waals surface area contributed by atoms with Crippen LogP contribution in [0.3, 0.4) is 0 Å². The Morgan fingerprint density at radius 1 is 0.486 bits per heavy atom. The van der Waals surface area contributed by atoms with Gasteiger partial charge in [0.1, 0.15) is 0 Å². The monoisotopic (exact) mass is 469 g/mol. The van der Waals surface area contributed by atoms with Crippen molar-refractivity contribution in [3.63, 3.8) is 0 Å². The van der Waals surface area contributed by atoms with Crippen LogP contribution >= 0.6 is 11.3 Å². The van der Waals surface area contributed by atoms with Gasteiger partial charge in [-0.25, -0.2) is 0 Å². The molecule has 1 heterocycles. The van der Waals surface area contributed by atoms with Gasteiger partial charge in [0.25, 0.3) is 0 Å². The molecule has 2 heteroatoms. The van der Waals surface area contributed by atoms with Crippen molar-refractivity contribution < 1.29 is 0 Å². The summed E-state index contributed by atoms with van der Waals surface area (Å²) in [5.74, 6) is 0. The van der Waals surface area contributed by atoms with E-state index < -0.39 is 0 Å². The molecule has 0 radical (unpaired) electrons. The SMILES string of the molecule is Cc1ccc(C=Cc2ccccc2C=Cc2ccc(N(c3ccccc3)c3ccccc3)cc2)s1. The van der Waals surface area contributed by atoms with Gasteiger partial charge in [-0.2, -0.15) is 0 Å². The lowest BCUT2D eigenvalue weighted by atomic mass is 10.0. The van der Waals surface area contributed by atoms with Crippen molar-refractivity contribution in [2.24, 2.45) is 0 Å². The second-order valence-corrected chi connectivity index (χ2v) is 9.66. The Hall–Kier alpha value is -4.14. The van der Waals surface area contributed by atoms with Crippen molar-refractivity contribution in [1.29, 1.82) is 0 Å². The molecule has 35 heavy (non-hydrogen) atoms. The molecule has 1 nitrogen and oxygen atoms in total. The Bertz CT molecular complexity index is 1390. The third kappa shape index (κ3) is 5.68. The van der Waals surface area contributed by atoms with Gasteiger partial charge >= 0.3 is 0 Å². The second-order valence-electron chi connectivity index (χ2n) is 8.34. The van der Waals surface area contributed by atoms with Crippen molar-refractivity contribution in [2.45, 2.75) is 6.92 Å². The maximum Gasteiger partial charge on any atom is 0.0462 e. The second kappa shape index (κ2) is 10.9. The van der Waals surface area contributed by atoms with Crippen molar-refractivity contribution in [2.75, 3.05) is 4.90 Å². The highest BCUT2D eigenvalue weighted by atomic mass is 32.1. The maximum atomic E-state index is 2.28. The fraction of sp³-hybridized carbons (Fsp3) is 0.0303. The van der Waals surface area contributed by atoms with E-state index in [0.717, 1.165) is 17.1 Å². The predicted octanol–water partition coefficient (Wildman–Crippen LogP) is 9.87. The van der Waals surface area contributed by atoms with Gasteiger partial charge in [0.15, 0.2) is 0 Å². The number of aryl methyl sites for hydroxylation is 1. The van der Waals surface area contributed by atoms with E-state index in [4.69, 9.17) is 0 Å². The topological polar surface area (TPSA) is 3.24 Å². The Balaban J connectivity index is 1.39. The van der Waals surface area contributed by atoms with Gasteiger partial charge in [-0.05, 0) is 78.2 Å². The number of nitrogens with zero attached hydrogens (tertiary/aromatic N) is 1. The molecule has 4 aromatic carbocycles. The van der Waals surface area contributed by atoms with Gasteiger partial charge in [-0.1, -0.05) is 91.0 Å². The normalized spacial score (nSPS) is 11.3. The molecule has 170 valence electrons. The van der Waals surface area contributed by atoms with Gasteiger partial charge in [0, 0.05) is 26.8 Å². The van der Waals surface area contributed by atoms with Crippen LogP contribution in [0.2, 0.25) is 0 Å². The molecule has 0 fully saturated rings. The van der Waals surface area contributed by atoms with Gasteiger partial charge in [0.2, 0.25) is 0 Å². The van der Waals surface area contributed by atoms with E-state index in [1.165, 1.54) is 26.4 Å². The summed E-state index contributed by atoms with van der Waals surface area (Å²) in [6.07, 6.45) is 8.77. The smallest absolute Gasteiger partial charge is 0.0462 e. The maximum absolute atomic E-state index is 2.28. The third-order valence-corrected chi connectivity index (χ3v) is 6.79. The molecule has 0 aliphatic carbocycles. The number of hydrogen-bond acceptors (Lipinski definition) is 2. The van der Waals surface area contributed by atoms with Crippen LogP contribution in [-0.2, 0) is 0 Å². The summed E-state index contributed by atoms with van der Waals surface area (Å²) < 4.78 is 0. The van der Waals surface area contributed by atoms with Crippen LogP contribution in [0.5, 0.6) is 0 Å². The van der Waals surface area contributed by atoms with E-state index in [1.54, 1.807) is 0 Å². The molecule has 0 bridgehead atoms. The molecule has 0 unspecified atom stereocenters. The van der Waals surface area contributed by atoms with Gasteiger partial charge < -0.3 is 4.90 Å². The molecule has 1 aromatic heterocycles. The van der Waals surface area contributed by atoms with Crippen LogP contribution in [-0.4, -0.2) is 0 Å². The van der Waals surface area contributed by atoms with Crippen molar-refractivity contribution in [1.82, 2.24) is 0 Å². The molecule has 0 aliphatic heterocycles. The summed E-state index contributed by atoms with van der Waals surface area (Å²) in [5, 5.41) is 0. The minimum atomic E-state index is 1.13. The standard InChI is InChI=1S/C33H27NS/c1-26-16-24-33(35-26)25-21-29-11-9-8-10-28(29)20-17-27-18-22-32(23-19-27)34(30-12-4-2-5-13-30)31-14-6-3-7-15-31/h2-25H,1H3. The molecule has 5 rings (SSSR count). The summed E-state index contributed by atoms with van der Waals surface area (Å²) in [6.45, 7) is 2.14. The molecular weight excluding hydrogens is 442 g/mol. The van der Waals surface area contributed by atoms with Crippen LogP contribution < -0.4 is 4.90 Å². The molecule has 0 saturated carbocycles. The number of thiophene rings is 1. The Kier molecular flexibility index (Phi) is 7.02. The summed E-state index contributed by atoms with van der Waals surface area (Å²) in [6, 6.07) is 42.5. The minimum absolute atomic E-state index is 1.13. The van der Waals surface area contributed by atoms with Crippen LogP contribution in [0, 0.1) is 6.92 Å². The molecule has 0 saturated heterocycles. The van der Waals surface area contributed by atoms with Crippen molar-refractivity contribution >= 4 is 52.7 Å². The van der Waals surface area contributed by atoms with E-state index in [0.29, 0.717) is 0 Å². The van der Waals surface area contributed by atoms with Crippen LogP contribution in [0.4, 0.5) is 17.1 Å². The summed E-state index contributed by atoms with van der Waals surface area (Å²) in [7, 11) is 0. The minimum Gasteiger partial charge on any atom is -0.311 e. The average molecular weight is 470 g/mol. The van der Waals surface area contributed by atoms with Crippen LogP contribution in [0.1, 0.15) is 26.4 Å². The van der Waals surface area contributed by atoms with E-state index >= 15 is 0 Å². The first-order valence-electron chi connectivity index (χ1n) is 11.8. The Morgan fingerprint density at radius 2 is 1.00 bits per heavy atom. The van der Waals surface area contributed by atoms with E-state index in [1.807, 2.05) is 11.3 Å². The summed E-state index contributed by atoms with van der Waals surface area (Å²) in [4.78, 5) is 4.89. The highest BCUT2D eigenvalue weighted by Crippen LogP contribution is 2.34. The molecular formula is C33H27NS. The Labute approximate surface area is 212 Å². The number of hydrogen-bond donors (Lipinski definition) is 0. The molecule has 0 spiro atoms. The number of rotatable bonds is 7. The predicted molar refractivity (Wildman–Crippen MR) is 154 cm³/mol. The largest absolute Gasteiger partial charge is 0.311 e. The quantitative estimate of drug-likeness (QED) is 0.214. The van der Waals surface area contributed by atoms with Gasteiger partial charge in [-0.15, -0.1) is 11.3 Å². The van der Waals surface area contributed by atoms with E-state index in [-0.39, 0.29) is 0 Å². The molecule has 0 atom stereocenters. The first-order chi connectivity index (χ1) is 17.3. The third-order valence-electron chi connectivity index (χ3n) is 5.82. The average Bonchev–Trinajstić information content (AvgIpc) is 3.34. The molecule has 0 amide bonds. The Morgan fingerprint density at radius 3 is 1.54 bits per heavy atom. The van der Waals surface area contributed by atoms with Gasteiger partial charge in [-0.3, -0.25) is 0 Å². The highest BCUT2D eigenvalue weighted by Gasteiger charge is 2.11. The van der Waals surface area contributed by atoms with E-state index in [2.05, 4.69) is 157 Å². The zero-order valence-electron chi connectivity index (χ0n) is 19.7. The zero-order valence-corrected chi connectivity index (χ0v) is 20.5. The summed E-state index contributed by atoms with van der Waals surface area (Å²) in [5.41, 5.74) is 7.01. The first-order valence-corrected chi connectivity index (χ1v) is 12.6. The number of benzene rings is 4. The number of anilines is 3.